The molecule has 2 N–H and O–H groups in total. The number of amides is 2. The zero-order valence-corrected chi connectivity index (χ0v) is 14.5. The van der Waals surface area contributed by atoms with Crippen LogP contribution in [-0.4, -0.2) is 18.4 Å². The summed E-state index contributed by atoms with van der Waals surface area (Å²) in [5, 5.41) is 5.57. The average Bonchev–Trinajstić information content (AvgIpc) is 2.52. The summed E-state index contributed by atoms with van der Waals surface area (Å²) in [5.74, 6) is -0.206. The number of hydrogen-bond acceptors (Lipinski definition) is 2. The Morgan fingerprint density at radius 2 is 1.78 bits per heavy atom. The largest absolute Gasteiger partial charge is 0.355 e. The zero-order valence-electron chi connectivity index (χ0n) is 12.9. The third kappa shape index (κ3) is 5.87. The molecule has 0 saturated heterocycles. The number of halogens is 1. The topological polar surface area (TPSA) is 58.2 Å². The molecule has 4 nitrogen and oxygen atoms in total. The fraction of sp³-hybridized carbons (Fsp3) is 0.222. The highest BCUT2D eigenvalue weighted by Crippen LogP contribution is 2.20. The van der Waals surface area contributed by atoms with Gasteiger partial charge in [-0.1, -0.05) is 52.3 Å². The van der Waals surface area contributed by atoms with Crippen LogP contribution in [0.2, 0.25) is 0 Å². The normalized spacial score (nSPS) is 10.2. The zero-order chi connectivity index (χ0) is 16.7. The minimum absolute atomic E-state index is 0.0814. The van der Waals surface area contributed by atoms with Gasteiger partial charge in [0.15, 0.2) is 0 Å². The van der Waals surface area contributed by atoms with Gasteiger partial charge in [0.25, 0.3) is 0 Å². The number of nitrogens with one attached hydrogen (secondary N) is 2. The molecule has 2 aromatic rings. The lowest BCUT2D eigenvalue weighted by molar-refractivity contribution is -0.120. The van der Waals surface area contributed by atoms with E-state index in [-0.39, 0.29) is 18.2 Å². The Hall–Kier alpha value is -2.14. The first-order chi connectivity index (χ1) is 11.0. The third-order valence-electron chi connectivity index (χ3n) is 3.34. The molecule has 0 heterocycles. The minimum atomic E-state index is -0.124. The molecule has 2 rings (SSSR count). The summed E-state index contributed by atoms with van der Waals surface area (Å²) in [6.45, 7) is 2.31. The molecule has 0 aliphatic carbocycles. The summed E-state index contributed by atoms with van der Waals surface area (Å²) >= 11 is 3.43. The Morgan fingerprint density at radius 3 is 2.48 bits per heavy atom. The number of hydrogen-bond donors (Lipinski definition) is 2. The SMILES string of the molecule is Cc1ccc(NC(=O)CCNC(=O)Cc2ccccc2)cc1Br. The molecule has 2 amide bonds. The lowest BCUT2D eigenvalue weighted by Gasteiger charge is -2.08. The Labute approximate surface area is 144 Å². The Kier molecular flexibility index (Phi) is 6.35. The lowest BCUT2D eigenvalue weighted by atomic mass is 10.1. The molecule has 0 spiro atoms. The van der Waals surface area contributed by atoms with Crippen LogP contribution in [0.3, 0.4) is 0 Å². The van der Waals surface area contributed by atoms with Gasteiger partial charge in [0.2, 0.25) is 11.8 Å². The van der Waals surface area contributed by atoms with E-state index in [4.69, 9.17) is 0 Å². The number of anilines is 1. The highest BCUT2D eigenvalue weighted by molar-refractivity contribution is 9.10. The molecule has 0 unspecified atom stereocenters. The Bertz CT molecular complexity index is 687. The smallest absolute Gasteiger partial charge is 0.226 e. The van der Waals surface area contributed by atoms with Crippen molar-refractivity contribution in [2.45, 2.75) is 19.8 Å². The van der Waals surface area contributed by atoms with Crippen molar-refractivity contribution >= 4 is 33.4 Å². The molecule has 0 aliphatic rings. The van der Waals surface area contributed by atoms with E-state index in [1.165, 1.54) is 0 Å². The molecule has 0 saturated carbocycles. The van der Waals surface area contributed by atoms with Crippen molar-refractivity contribution in [3.63, 3.8) is 0 Å². The summed E-state index contributed by atoms with van der Waals surface area (Å²) < 4.78 is 0.950. The highest BCUT2D eigenvalue weighted by Gasteiger charge is 2.06. The maximum Gasteiger partial charge on any atom is 0.226 e. The summed E-state index contributed by atoms with van der Waals surface area (Å²) in [7, 11) is 0. The van der Waals surface area contributed by atoms with Gasteiger partial charge in [0.05, 0.1) is 6.42 Å². The molecule has 120 valence electrons. The van der Waals surface area contributed by atoms with Crippen LogP contribution in [0.15, 0.2) is 53.0 Å². The van der Waals surface area contributed by atoms with Crippen molar-refractivity contribution in [1.82, 2.24) is 5.32 Å². The summed E-state index contributed by atoms with van der Waals surface area (Å²) in [6.07, 6.45) is 0.569. The van der Waals surface area contributed by atoms with Gasteiger partial charge in [-0.25, -0.2) is 0 Å². The Morgan fingerprint density at radius 1 is 1.04 bits per heavy atom. The van der Waals surface area contributed by atoms with Crippen molar-refractivity contribution < 1.29 is 9.59 Å². The van der Waals surface area contributed by atoms with E-state index in [1.807, 2.05) is 55.5 Å². The van der Waals surface area contributed by atoms with E-state index < -0.39 is 0 Å². The van der Waals surface area contributed by atoms with Gasteiger partial charge in [-0.05, 0) is 30.2 Å². The van der Waals surface area contributed by atoms with Crippen LogP contribution in [0.25, 0.3) is 0 Å². The molecular formula is C18H19BrN2O2. The van der Waals surface area contributed by atoms with E-state index in [2.05, 4.69) is 26.6 Å². The average molecular weight is 375 g/mol. The second-order valence-electron chi connectivity index (χ2n) is 5.27. The van der Waals surface area contributed by atoms with Crippen molar-refractivity contribution in [2.24, 2.45) is 0 Å². The number of benzene rings is 2. The van der Waals surface area contributed by atoms with Gasteiger partial charge in [0.1, 0.15) is 0 Å². The predicted molar refractivity (Wildman–Crippen MR) is 95.3 cm³/mol. The maximum absolute atomic E-state index is 11.9. The predicted octanol–water partition coefficient (Wildman–Crippen LogP) is 3.45. The first kappa shape index (κ1) is 17.2. The molecule has 0 atom stereocenters. The van der Waals surface area contributed by atoms with E-state index in [0.717, 1.165) is 21.3 Å². The van der Waals surface area contributed by atoms with Crippen LogP contribution < -0.4 is 10.6 Å². The van der Waals surface area contributed by atoms with Crippen molar-refractivity contribution in [3.8, 4) is 0 Å². The van der Waals surface area contributed by atoms with Gasteiger partial charge in [-0.3, -0.25) is 9.59 Å². The first-order valence-electron chi connectivity index (χ1n) is 7.41. The fourth-order valence-electron chi connectivity index (χ4n) is 2.05. The van der Waals surface area contributed by atoms with E-state index in [9.17, 15) is 9.59 Å². The van der Waals surface area contributed by atoms with Crippen LogP contribution in [0.5, 0.6) is 0 Å². The fourth-order valence-corrected chi connectivity index (χ4v) is 2.43. The molecule has 23 heavy (non-hydrogen) atoms. The molecule has 0 fully saturated rings. The first-order valence-corrected chi connectivity index (χ1v) is 8.20. The van der Waals surface area contributed by atoms with Gasteiger partial charge < -0.3 is 10.6 Å². The highest BCUT2D eigenvalue weighted by atomic mass is 79.9. The second kappa shape index (κ2) is 8.48. The number of carbonyl (C=O) groups is 2. The van der Waals surface area contributed by atoms with E-state index in [0.29, 0.717) is 13.0 Å². The molecular weight excluding hydrogens is 356 g/mol. The third-order valence-corrected chi connectivity index (χ3v) is 4.19. The molecule has 5 heteroatoms. The van der Waals surface area contributed by atoms with Gasteiger partial charge >= 0.3 is 0 Å². The molecule has 0 aliphatic heterocycles. The van der Waals surface area contributed by atoms with Crippen LogP contribution >= 0.6 is 15.9 Å². The quantitative estimate of drug-likeness (QED) is 0.813. The van der Waals surface area contributed by atoms with Crippen LogP contribution in [-0.2, 0) is 16.0 Å². The van der Waals surface area contributed by atoms with Crippen LogP contribution in [0, 0.1) is 6.92 Å². The van der Waals surface area contributed by atoms with Gasteiger partial charge in [-0.2, -0.15) is 0 Å². The van der Waals surface area contributed by atoms with E-state index in [1.54, 1.807) is 0 Å². The number of aryl methyl sites for hydroxylation is 1. The molecule has 0 aromatic heterocycles. The van der Waals surface area contributed by atoms with Crippen molar-refractivity contribution in [2.75, 3.05) is 11.9 Å². The summed E-state index contributed by atoms with van der Waals surface area (Å²) in [4.78, 5) is 23.7. The molecule has 0 bridgehead atoms. The summed E-state index contributed by atoms with van der Waals surface area (Å²) in [6, 6.07) is 15.2. The van der Waals surface area contributed by atoms with Gasteiger partial charge in [-0.15, -0.1) is 0 Å². The van der Waals surface area contributed by atoms with Gasteiger partial charge in [0, 0.05) is 23.1 Å². The molecule has 2 aromatic carbocycles. The number of carbonyl (C=O) groups excluding carboxylic acids is 2. The summed E-state index contributed by atoms with van der Waals surface area (Å²) in [5.41, 5.74) is 2.80. The standard InChI is InChI=1S/C18H19BrN2O2/c1-13-7-8-15(12-16(13)19)21-17(22)9-10-20-18(23)11-14-5-3-2-4-6-14/h2-8,12H,9-11H2,1H3,(H,20,23)(H,21,22). The van der Waals surface area contributed by atoms with Crippen molar-refractivity contribution in [3.05, 3.63) is 64.1 Å². The van der Waals surface area contributed by atoms with Crippen LogP contribution in [0.1, 0.15) is 17.5 Å². The minimum Gasteiger partial charge on any atom is -0.355 e. The van der Waals surface area contributed by atoms with Crippen molar-refractivity contribution in [1.29, 1.82) is 0 Å². The lowest BCUT2D eigenvalue weighted by Crippen LogP contribution is -2.28. The Balaban J connectivity index is 1.72. The monoisotopic (exact) mass is 374 g/mol. The molecule has 0 radical (unpaired) electrons. The second-order valence-corrected chi connectivity index (χ2v) is 6.13. The maximum atomic E-state index is 11.9. The van der Waals surface area contributed by atoms with E-state index >= 15 is 0 Å². The number of rotatable bonds is 6. The van der Waals surface area contributed by atoms with Crippen LogP contribution in [0.4, 0.5) is 5.69 Å².